The van der Waals surface area contributed by atoms with E-state index in [4.69, 9.17) is 9.47 Å². The predicted molar refractivity (Wildman–Crippen MR) is 74.2 cm³/mol. The van der Waals surface area contributed by atoms with Crippen molar-refractivity contribution in [3.63, 3.8) is 0 Å². The van der Waals surface area contributed by atoms with Crippen LogP contribution in [0.2, 0.25) is 0 Å². The first-order valence-corrected chi connectivity index (χ1v) is 7.15. The van der Waals surface area contributed by atoms with Gasteiger partial charge in [-0.1, -0.05) is 24.6 Å². The van der Waals surface area contributed by atoms with Gasteiger partial charge < -0.3 is 9.47 Å². The van der Waals surface area contributed by atoms with Gasteiger partial charge in [-0.25, -0.2) is 4.79 Å². The van der Waals surface area contributed by atoms with Crippen molar-refractivity contribution >= 4 is 11.9 Å². The molecule has 108 valence electrons. The van der Waals surface area contributed by atoms with Gasteiger partial charge in [0.15, 0.2) is 0 Å². The van der Waals surface area contributed by atoms with Gasteiger partial charge in [0.1, 0.15) is 6.10 Å². The van der Waals surface area contributed by atoms with E-state index < -0.39 is 0 Å². The van der Waals surface area contributed by atoms with Crippen molar-refractivity contribution in [2.45, 2.75) is 38.7 Å². The van der Waals surface area contributed by atoms with E-state index in [0.717, 1.165) is 25.7 Å². The summed E-state index contributed by atoms with van der Waals surface area (Å²) < 4.78 is 10.6. The Morgan fingerprint density at radius 1 is 1.15 bits per heavy atom. The maximum absolute atomic E-state index is 12.1. The monoisotopic (exact) mass is 276 g/mol. The van der Waals surface area contributed by atoms with Crippen LogP contribution < -0.4 is 0 Å². The van der Waals surface area contributed by atoms with Crippen molar-refractivity contribution in [2.75, 3.05) is 6.61 Å². The largest absolute Gasteiger partial charge is 0.466 e. The molecule has 1 aliphatic rings. The van der Waals surface area contributed by atoms with Crippen LogP contribution in [0.5, 0.6) is 0 Å². The molecule has 4 heteroatoms. The summed E-state index contributed by atoms with van der Waals surface area (Å²) in [5, 5.41) is 0. The molecule has 2 rings (SSSR count). The van der Waals surface area contributed by atoms with E-state index in [9.17, 15) is 9.59 Å². The highest BCUT2D eigenvalue weighted by Gasteiger charge is 2.34. The maximum atomic E-state index is 12.1. The highest BCUT2D eigenvalue weighted by molar-refractivity contribution is 5.89. The van der Waals surface area contributed by atoms with Crippen LogP contribution in [-0.2, 0) is 14.3 Å². The number of carbonyl (C=O) groups is 2. The van der Waals surface area contributed by atoms with Gasteiger partial charge in [0.05, 0.1) is 18.1 Å². The van der Waals surface area contributed by atoms with Crippen molar-refractivity contribution in [3.05, 3.63) is 35.9 Å². The molecule has 4 nitrogen and oxygen atoms in total. The number of ether oxygens (including phenoxy) is 2. The number of hydrogen-bond acceptors (Lipinski definition) is 4. The maximum Gasteiger partial charge on any atom is 0.338 e. The van der Waals surface area contributed by atoms with Gasteiger partial charge in [-0.15, -0.1) is 0 Å². The zero-order chi connectivity index (χ0) is 14.4. The lowest BCUT2D eigenvalue weighted by Gasteiger charge is -2.29. The Hall–Kier alpha value is -1.84. The van der Waals surface area contributed by atoms with Crippen LogP contribution in [0.4, 0.5) is 0 Å². The average molecular weight is 276 g/mol. The van der Waals surface area contributed by atoms with Crippen LogP contribution in [0.25, 0.3) is 0 Å². The Morgan fingerprint density at radius 3 is 2.55 bits per heavy atom. The molecule has 0 spiro atoms. The van der Waals surface area contributed by atoms with Crippen molar-refractivity contribution in [1.82, 2.24) is 0 Å². The molecule has 0 N–H and O–H groups in total. The molecule has 0 unspecified atom stereocenters. The minimum Gasteiger partial charge on any atom is -0.466 e. The van der Waals surface area contributed by atoms with E-state index in [2.05, 4.69) is 0 Å². The third-order valence-electron chi connectivity index (χ3n) is 3.56. The van der Waals surface area contributed by atoms with Crippen LogP contribution in [0, 0.1) is 5.92 Å². The third-order valence-corrected chi connectivity index (χ3v) is 3.56. The van der Waals surface area contributed by atoms with Gasteiger partial charge in [-0.05, 0) is 38.3 Å². The highest BCUT2D eigenvalue weighted by Crippen LogP contribution is 2.28. The van der Waals surface area contributed by atoms with E-state index in [0.29, 0.717) is 12.2 Å². The Balaban J connectivity index is 2.02. The van der Waals surface area contributed by atoms with Gasteiger partial charge in [-0.2, -0.15) is 0 Å². The summed E-state index contributed by atoms with van der Waals surface area (Å²) in [6.07, 6.45) is 3.04. The SMILES string of the molecule is CCOC(=O)[C@H]1CCCC[C@@H]1OC(=O)c1ccccc1. The lowest BCUT2D eigenvalue weighted by atomic mass is 9.86. The third kappa shape index (κ3) is 3.59. The summed E-state index contributed by atoms with van der Waals surface area (Å²) in [7, 11) is 0. The summed E-state index contributed by atoms with van der Waals surface area (Å²) in [5.41, 5.74) is 0.515. The van der Waals surface area contributed by atoms with Crippen molar-refractivity contribution in [2.24, 2.45) is 5.92 Å². The first-order valence-electron chi connectivity index (χ1n) is 7.15. The number of carbonyl (C=O) groups excluding carboxylic acids is 2. The normalized spacial score (nSPS) is 22.1. The van der Waals surface area contributed by atoms with Crippen LogP contribution in [0.1, 0.15) is 43.0 Å². The first-order chi connectivity index (χ1) is 9.72. The van der Waals surface area contributed by atoms with Crippen LogP contribution in [-0.4, -0.2) is 24.6 Å². The zero-order valence-electron chi connectivity index (χ0n) is 11.7. The molecule has 0 amide bonds. The van der Waals surface area contributed by atoms with E-state index in [1.54, 1.807) is 31.2 Å². The zero-order valence-corrected chi connectivity index (χ0v) is 11.7. The lowest BCUT2D eigenvalue weighted by molar-refractivity contribution is -0.153. The van der Waals surface area contributed by atoms with Gasteiger partial charge in [0, 0.05) is 0 Å². The molecule has 1 aromatic carbocycles. The quantitative estimate of drug-likeness (QED) is 0.793. The molecule has 1 aromatic rings. The second-order valence-corrected chi connectivity index (χ2v) is 4.95. The Morgan fingerprint density at radius 2 is 1.85 bits per heavy atom. The van der Waals surface area contributed by atoms with Crippen LogP contribution in [0.15, 0.2) is 30.3 Å². The molecule has 20 heavy (non-hydrogen) atoms. The molecular formula is C16H20O4. The minimum atomic E-state index is -0.369. The fraction of sp³-hybridized carbons (Fsp3) is 0.500. The lowest BCUT2D eigenvalue weighted by Crippen LogP contribution is -2.36. The molecule has 1 fully saturated rings. The second kappa shape index (κ2) is 7.08. The molecule has 0 heterocycles. The Kier molecular flexibility index (Phi) is 5.16. The first kappa shape index (κ1) is 14.6. The van der Waals surface area contributed by atoms with Gasteiger partial charge in [0.25, 0.3) is 0 Å². The van der Waals surface area contributed by atoms with E-state index >= 15 is 0 Å². The summed E-state index contributed by atoms with van der Waals surface area (Å²) in [4.78, 5) is 24.0. The number of benzene rings is 1. The van der Waals surface area contributed by atoms with E-state index in [-0.39, 0.29) is 24.0 Å². The second-order valence-electron chi connectivity index (χ2n) is 4.95. The number of hydrogen-bond donors (Lipinski definition) is 0. The van der Waals surface area contributed by atoms with Crippen molar-refractivity contribution in [3.8, 4) is 0 Å². The molecule has 2 atom stereocenters. The predicted octanol–water partition coefficient (Wildman–Crippen LogP) is 2.97. The Labute approximate surface area is 119 Å². The molecule has 1 aliphatic carbocycles. The van der Waals surface area contributed by atoms with Crippen LogP contribution in [0.3, 0.4) is 0 Å². The molecule has 0 aromatic heterocycles. The fourth-order valence-electron chi connectivity index (χ4n) is 2.54. The molecule has 1 saturated carbocycles. The molecular weight excluding hydrogens is 256 g/mol. The Bertz CT molecular complexity index is 455. The fourth-order valence-corrected chi connectivity index (χ4v) is 2.54. The molecule has 0 saturated heterocycles. The number of rotatable bonds is 4. The highest BCUT2D eigenvalue weighted by atomic mass is 16.6. The van der Waals surface area contributed by atoms with E-state index in [1.165, 1.54) is 0 Å². The molecule has 0 radical (unpaired) electrons. The summed E-state index contributed by atoms with van der Waals surface area (Å²) in [6.45, 7) is 2.14. The topological polar surface area (TPSA) is 52.6 Å². The van der Waals surface area contributed by atoms with E-state index in [1.807, 2.05) is 6.07 Å². The molecule has 0 bridgehead atoms. The minimum absolute atomic E-state index is 0.252. The number of esters is 2. The van der Waals surface area contributed by atoms with Crippen molar-refractivity contribution in [1.29, 1.82) is 0 Å². The standard InChI is InChI=1S/C16H20O4/c1-2-19-16(18)13-10-6-7-11-14(13)20-15(17)12-8-4-3-5-9-12/h3-5,8-9,13-14H,2,6-7,10-11H2,1H3/t13-,14-/m0/s1. The molecule has 0 aliphatic heterocycles. The summed E-state index contributed by atoms with van der Waals surface area (Å²) in [6, 6.07) is 8.86. The summed E-state index contributed by atoms with van der Waals surface area (Å²) in [5.74, 6) is -0.943. The van der Waals surface area contributed by atoms with Gasteiger partial charge >= 0.3 is 11.9 Å². The van der Waals surface area contributed by atoms with Crippen molar-refractivity contribution < 1.29 is 19.1 Å². The summed E-state index contributed by atoms with van der Waals surface area (Å²) >= 11 is 0. The van der Waals surface area contributed by atoms with Crippen LogP contribution >= 0.6 is 0 Å². The smallest absolute Gasteiger partial charge is 0.338 e. The average Bonchev–Trinajstić information content (AvgIpc) is 2.49. The van der Waals surface area contributed by atoms with Gasteiger partial charge in [-0.3, -0.25) is 4.79 Å². The van der Waals surface area contributed by atoms with Gasteiger partial charge in [0.2, 0.25) is 0 Å².